The van der Waals surface area contributed by atoms with E-state index in [9.17, 15) is 4.79 Å². The first-order chi connectivity index (χ1) is 8.19. The molecule has 5 nitrogen and oxygen atoms in total. The molecule has 1 aliphatic rings. The molecule has 0 spiro atoms. The predicted molar refractivity (Wildman–Crippen MR) is 69.2 cm³/mol. The van der Waals surface area contributed by atoms with Crippen molar-refractivity contribution in [3.05, 3.63) is 39.3 Å². The van der Waals surface area contributed by atoms with Gasteiger partial charge in [-0.3, -0.25) is 4.79 Å². The monoisotopic (exact) mass is 251 g/mol. The van der Waals surface area contributed by atoms with Crippen molar-refractivity contribution in [1.29, 1.82) is 0 Å². The molecule has 1 aliphatic heterocycles. The molecule has 17 heavy (non-hydrogen) atoms. The second-order valence-corrected chi connectivity index (χ2v) is 4.45. The van der Waals surface area contributed by atoms with Crippen LogP contribution < -0.4 is 5.43 Å². The van der Waals surface area contributed by atoms with Gasteiger partial charge in [-0.1, -0.05) is 0 Å². The summed E-state index contributed by atoms with van der Waals surface area (Å²) in [6.45, 7) is 1.33. The van der Waals surface area contributed by atoms with Gasteiger partial charge in [-0.05, 0) is 12.3 Å². The normalized spacial score (nSPS) is 14.9. The van der Waals surface area contributed by atoms with Crippen LogP contribution in [0.4, 0.5) is 0 Å². The van der Waals surface area contributed by atoms with E-state index in [-0.39, 0.29) is 11.2 Å². The molecule has 0 radical (unpaired) electrons. The van der Waals surface area contributed by atoms with Gasteiger partial charge in [-0.25, -0.2) is 4.99 Å². The van der Waals surface area contributed by atoms with Crippen molar-refractivity contribution in [2.75, 3.05) is 12.8 Å². The molecular weight excluding hydrogens is 238 g/mol. The lowest BCUT2D eigenvalue weighted by Gasteiger charge is -2.20. The van der Waals surface area contributed by atoms with E-state index < -0.39 is 0 Å². The number of nitrogens with zero attached hydrogens (tertiary/aromatic N) is 2. The number of hydrogen-bond acceptors (Lipinski definition) is 5. The number of thioether (sulfide) groups is 1. The average molecular weight is 251 g/mol. The Kier molecular flexibility index (Phi) is 3.53. The molecule has 2 N–H and O–H groups in total. The van der Waals surface area contributed by atoms with Crippen LogP contribution in [0.5, 0.6) is 5.75 Å². The van der Waals surface area contributed by atoms with Gasteiger partial charge in [0.15, 0.2) is 5.75 Å². The molecule has 2 heterocycles. The quantitative estimate of drug-likeness (QED) is 0.845. The fourth-order valence-corrected chi connectivity index (χ4v) is 1.89. The highest BCUT2D eigenvalue weighted by Gasteiger charge is 2.07. The Balaban J connectivity index is 2.03. The molecule has 0 aliphatic carbocycles. The topological polar surface area (TPSA) is 68.7 Å². The van der Waals surface area contributed by atoms with Crippen molar-refractivity contribution in [3.63, 3.8) is 0 Å². The molecule has 0 saturated carbocycles. The molecule has 0 unspecified atom stereocenters. The number of aromatic amines is 1. The highest BCUT2D eigenvalue weighted by molar-refractivity contribution is 8.02. The van der Waals surface area contributed by atoms with E-state index in [2.05, 4.69) is 9.98 Å². The van der Waals surface area contributed by atoms with Crippen LogP contribution in [0.1, 0.15) is 5.69 Å². The molecular formula is C11H13N3O2S. The lowest BCUT2D eigenvalue weighted by Crippen LogP contribution is -2.25. The lowest BCUT2D eigenvalue weighted by molar-refractivity contribution is 0.449. The fraction of sp³-hybridized carbons (Fsp3) is 0.273. The van der Waals surface area contributed by atoms with Crippen LogP contribution in [0.3, 0.4) is 0 Å². The van der Waals surface area contributed by atoms with Crippen LogP contribution in [0.25, 0.3) is 0 Å². The minimum Gasteiger partial charge on any atom is -0.503 e. The average Bonchev–Trinajstić information content (AvgIpc) is 2.35. The van der Waals surface area contributed by atoms with Crippen LogP contribution in [0, 0.1) is 0 Å². The Hall–Kier alpha value is -1.69. The van der Waals surface area contributed by atoms with E-state index in [4.69, 9.17) is 5.11 Å². The number of aliphatic imine (C=N–C) groups is 1. The Morgan fingerprint density at radius 1 is 1.65 bits per heavy atom. The van der Waals surface area contributed by atoms with Crippen LogP contribution in [0.15, 0.2) is 33.2 Å². The van der Waals surface area contributed by atoms with Gasteiger partial charge in [0.05, 0.1) is 17.9 Å². The predicted octanol–water partition coefficient (Wildman–Crippen LogP) is 1.13. The van der Waals surface area contributed by atoms with Gasteiger partial charge in [-0.2, -0.15) is 0 Å². The summed E-state index contributed by atoms with van der Waals surface area (Å²) in [6.07, 6.45) is 7.08. The Labute approximate surface area is 103 Å². The smallest absolute Gasteiger partial charge is 0.223 e. The first-order valence-corrected chi connectivity index (χ1v) is 6.34. The van der Waals surface area contributed by atoms with Gasteiger partial charge >= 0.3 is 0 Å². The maximum atomic E-state index is 11.2. The van der Waals surface area contributed by atoms with Crippen molar-refractivity contribution in [3.8, 4) is 5.75 Å². The molecule has 1 aromatic rings. The molecule has 90 valence electrons. The van der Waals surface area contributed by atoms with Crippen LogP contribution in [-0.2, 0) is 6.54 Å². The van der Waals surface area contributed by atoms with Crippen molar-refractivity contribution in [1.82, 2.24) is 9.88 Å². The molecule has 0 atom stereocenters. The lowest BCUT2D eigenvalue weighted by atomic mass is 10.3. The van der Waals surface area contributed by atoms with Crippen molar-refractivity contribution in [2.24, 2.45) is 4.99 Å². The highest BCUT2D eigenvalue weighted by atomic mass is 32.2. The van der Waals surface area contributed by atoms with E-state index >= 15 is 0 Å². The second-order valence-electron chi connectivity index (χ2n) is 3.63. The van der Waals surface area contributed by atoms with Crippen molar-refractivity contribution in [2.45, 2.75) is 6.54 Å². The van der Waals surface area contributed by atoms with Crippen LogP contribution in [0.2, 0.25) is 0 Å². The molecule has 0 saturated heterocycles. The summed E-state index contributed by atoms with van der Waals surface area (Å²) in [4.78, 5) is 20.3. The number of nitrogens with one attached hydrogen (secondary N) is 1. The zero-order chi connectivity index (χ0) is 12.3. The van der Waals surface area contributed by atoms with Crippen molar-refractivity contribution < 1.29 is 5.11 Å². The number of aromatic hydroxyl groups is 1. The Bertz CT molecular complexity index is 522. The van der Waals surface area contributed by atoms with Gasteiger partial charge in [0.2, 0.25) is 5.43 Å². The Morgan fingerprint density at radius 3 is 3.06 bits per heavy atom. The summed E-state index contributed by atoms with van der Waals surface area (Å²) in [5, 5.41) is 10.1. The highest BCUT2D eigenvalue weighted by Crippen LogP contribution is 2.16. The molecule has 6 heteroatoms. The molecule has 1 aromatic heterocycles. The van der Waals surface area contributed by atoms with Crippen LogP contribution >= 0.6 is 11.8 Å². The second kappa shape index (κ2) is 5.09. The van der Waals surface area contributed by atoms with Crippen LogP contribution in [-0.4, -0.2) is 34.1 Å². The van der Waals surface area contributed by atoms with Gasteiger partial charge in [0.25, 0.3) is 0 Å². The summed E-state index contributed by atoms with van der Waals surface area (Å²) in [6, 6.07) is 1.40. The standard InChI is InChI=1S/C11H13N3O2S/c1-17-11-2-3-14(7-13-11)6-8-4-9(15)10(16)5-12-8/h2,4-5,7,16H,3,6H2,1H3,(H,12,15). The van der Waals surface area contributed by atoms with Gasteiger partial charge in [0.1, 0.15) is 0 Å². The zero-order valence-corrected chi connectivity index (χ0v) is 10.2. The zero-order valence-electron chi connectivity index (χ0n) is 9.38. The first kappa shape index (κ1) is 11.8. The van der Waals surface area contributed by atoms with Crippen molar-refractivity contribution >= 4 is 18.1 Å². The number of rotatable bonds is 3. The van der Waals surface area contributed by atoms with Gasteiger partial charge < -0.3 is 15.0 Å². The van der Waals surface area contributed by atoms with Gasteiger partial charge in [-0.15, -0.1) is 11.8 Å². The van der Waals surface area contributed by atoms with E-state index in [0.29, 0.717) is 6.54 Å². The SMILES string of the molecule is CSC1=CCN(Cc2cc(=O)c(O)c[nH]2)C=N1. The minimum atomic E-state index is -0.368. The molecule has 0 bridgehead atoms. The van der Waals surface area contributed by atoms with E-state index in [1.54, 1.807) is 18.1 Å². The summed E-state index contributed by atoms with van der Waals surface area (Å²) in [5.74, 6) is -0.259. The number of H-pyrrole nitrogens is 1. The van der Waals surface area contributed by atoms with E-state index in [1.165, 1.54) is 12.3 Å². The summed E-state index contributed by atoms with van der Waals surface area (Å²) < 4.78 is 0. The molecule has 0 fully saturated rings. The Morgan fingerprint density at radius 2 is 2.47 bits per heavy atom. The van der Waals surface area contributed by atoms with E-state index in [0.717, 1.165) is 17.3 Å². The number of aromatic nitrogens is 1. The molecule has 0 amide bonds. The summed E-state index contributed by atoms with van der Waals surface area (Å²) in [5.41, 5.74) is 0.383. The molecule has 0 aromatic carbocycles. The maximum absolute atomic E-state index is 11.2. The third-order valence-electron chi connectivity index (χ3n) is 2.38. The number of hydrogen-bond donors (Lipinski definition) is 2. The largest absolute Gasteiger partial charge is 0.503 e. The third-order valence-corrected chi connectivity index (χ3v) is 3.07. The summed E-state index contributed by atoms with van der Waals surface area (Å²) >= 11 is 1.60. The molecule has 2 rings (SSSR count). The van der Waals surface area contributed by atoms with E-state index in [1.807, 2.05) is 17.2 Å². The van der Waals surface area contributed by atoms with Gasteiger partial charge in [0, 0.05) is 24.5 Å². The first-order valence-electron chi connectivity index (χ1n) is 5.12. The number of pyridine rings is 1. The fourth-order valence-electron chi connectivity index (χ4n) is 1.49. The maximum Gasteiger partial charge on any atom is 0.223 e. The summed E-state index contributed by atoms with van der Waals surface area (Å²) in [7, 11) is 0. The minimum absolute atomic E-state index is 0.259. The third kappa shape index (κ3) is 2.91.